The molecule has 0 aliphatic carbocycles. The highest BCUT2D eigenvalue weighted by Gasteiger charge is 2.21. The lowest BCUT2D eigenvalue weighted by Gasteiger charge is -2.33. The fourth-order valence-electron chi connectivity index (χ4n) is 2.79. The van der Waals surface area contributed by atoms with Gasteiger partial charge in [-0.25, -0.2) is 4.39 Å². The number of rotatable bonds is 5. The highest BCUT2D eigenvalue weighted by atomic mass is 19.1. The molecule has 1 aliphatic heterocycles. The molecule has 1 fully saturated rings. The summed E-state index contributed by atoms with van der Waals surface area (Å²) in [5.74, 6) is 0.451. The molecule has 4 heteroatoms. The van der Waals surface area contributed by atoms with Crippen molar-refractivity contribution < 1.29 is 4.39 Å². The summed E-state index contributed by atoms with van der Waals surface area (Å²) < 4.78 is 12.9. The second-order valence-electron chi connectivity index (χ2n) is 5.38. The van der Waals surface area contributed by atoms with E-state index in [0.717, 1.165) is 37.8 Å². The number of hydrogen-bond donors (Lipinski definition) is 1. The normalized spacial score (nSPS) is 21.6. The standard InChI is InChI=1S/C15H24FN3/c1-3-19(11-13-5-4-8-17-9-13)12(2)15-7-6-14(16)10-18-15/h6-7,10,12-13,17H,3-5,8-9,11H2,1-2H3. The van der Waals surface area contributed by atoms with Crippen molar-refractivity contribution in [2.75, 3.05) is 26.2 Å². The summed E-state index contributed by atoms with van der Waals surface area (Å²) in [4.78, 5) is 6.64. The van der Waals surface area contributed by atoms with Crippen LogP contribution in [0, 0.1) is 11.7 Å². The first-order chi connectivity index (χ1) is 9.20. The average molecular weight is 265 g/mol. The predicted octanol–water partition coefficient (Wildman–Crippen LogP) is 2.60. The Morgan fingerprint density at radius 1 is 1.53 bits per heavy atom. The molecule has 1 N–H and O–H groups in total. The summed E-state index contributed by atoms with van der Waals surface area (Å²) in [5.41, 5.74) is 0.951. The van der Waals surface area contributed by atoms with Gasteiger partial charge in [-0.3, -0.25) is 9.88 Å². The number of nitrogens with one attached hydrogen (secondary N) is 1. The van der Waals surface area contributed by atoms with Crippen LogP contribution in [0.25, 0.3) is 0 Å². The molecule has 2 atom stereocenters. The molecule has 19 heavy (non-hydrogen) atoms. The van der Waals surface area contributed by atoms with E-state index in [2.05, 4.69) is 29.0 Å². The van der Waals surface area contributed by atoms with Gasteiger partial charge in [0.15, 0.2) is 0 Å². The molecule has 0 bridgehead atoms. The molecule has 0 saturated carbocycles. The summed E-state index contributed by atoms with van der Waals surface area (Å²) in [6, 6.07) is 3.53. The fourth-order valence-corrected chi connectivity index (χ4v) is 2.79. The Hall–Kier alpha value is -1.00. The lowest BCUT2D eigenvalue weighted by Crippen LogP contribution is -2.39. The van der Waals surface area contributed by atoms with E-state index in [-0.39, 0.29) is 11.9 Å². The van der Waals surface area contributed by atoms with Gasteiger partial charge in [-0.15, -0.1) is 0 Å². The zero-order valence-electron chi connectivity index (χ0n) is 11.9. The van der Waals surface area contributed by atoms with Gasteiger partial charge in [-0.1, -0.05) is 6.92 Å². The van der Waals surface area contributed by atoms with Gasteiger partial charge in [0.05, 0.1) is 11.9 Å². The fraction of sp³-hybridized carbons (Fsp3) is 0.667. The van der Waals surface area contributed by atoms with Gasteiger partial charge < -0.3 is 5.32 Å². The van der Waals surface area contributed by atoms with Crippen molar-refractivity contribution in [1.82, 2.24) is 15.2 Å². The summed E-state index contributed by atoms with van der Waals surface area (Å²) in [7, 11) is 0. The van der Waals surface area contributed by atoms with Crippen LogP contribution in [0.1, 0.15) is 38.4 Å². The van der Waals surface area contributed by atoms with Crippen LogP contribution in [0.2, 0.25) is 0 Å². The SMILES string of the molecule is CCN(CC1CCCNC1)C(C)c1ccc(F)cn1. The van der Waals surface area contributed by atoms with Gasteiger partial charge in [-0.05, 0) is 57.5 Å². The maximum Gasteiger partial charge on any atom is 0.141 e. The van der Waals surface area contributed by atoms with Gasteiger partial charge in [0.1, 0.15) is 5.82 Å². The smallest absolute Gasteiger partial charge is 0.141 e. The molecule has 0 radical (unpaired) electrons. The first kappa shape index (κ1) is 14.4. The third kappa shape index (κ3) is 3.98. The monoisotopic (exact) mass is 265 g/mol. The van der Waals surface area contributed by atoms with Crippen molar-refractivity contribution >= 4 is 0 Å². The Kier molecular flexibility index (Phi) is 5.28. The Morgan fingerprint density at radius 3 is 2.95 bits per heavy atom. The van der Waals surface area contributed by atoms with E-state index in [9.17, 15) is 4.39 Å². The third-order valence-electron chi connectivity index (χ3n) is 4.02. The molecule has 2 heterocycles. The number of aromatic nitrogens is 1. The number of nitrogens with zero attached hydrogens (tertiary/aromatic N) is 2. The minimum Gasteiger partial charge on any atom is -0.316 e. The van der Waals surface area contributed by atoms with Crippen molar-refractivity contribution in [2.45, 2.75) is 32.7 Å². The summed E-state index contributed by atoms with van der Waals surface area (Å²) >= 11 is 0. The van der Waals surface area contributed by atoms with Crippen LogP contribution in [-0.4, -0.2) is 36.1 Å². The van der Waals surface area contributed by atoms with Crippen molar-refractivity contribution in [1.29, 1.82) is 0 Å². The quantitative estimate of drug-likeness (QED) is 0.887. The molecule has 1 aromatic rings. The minimum absolute atomic E-state index is 0.243. The van der Waals surface area contributed by atoms with Crippen LogP contribution in [-0.2, 0) is 0 Å². The molecule has 0 amide bonds. The van der Waals surface area contributed by atoms with Gasteiger partial charge >= 0.3 is 0 Å². The van der Waals surface area contributed by atoms with Crippen molar-refractivity contribution in [2.24, 2.45) is 5.92 Å². The van der Waals surface area contributed by atoms with Crippen molar-refractivity contribution in [3.05, 3.63) is 29.8 Å². The highest BCUT2D eigenvalue weighted by molar-refractivity contribution is 5.09. The molecule has 2 rings (SSSR count). The molecule has 1 saturated heterocycles. The Bertz CT molecular complexity index is 373. The number of piperidine rings is 1. The van der Waals surface area contributed by atoms with Gasteiger partial charge in [0.2, 0.25) is 0 Å². The second kappa shape index (κ2) is 6.96. The van der Waals surface area contributed by atoms with Crippen molar-refractivity contribution in [3.63, 3.8) is 0 Å². The minimum atomic E-state index is -0.268. The van der Waals surface area contributed by atoms with E-state index in [4.69, 9.17) is 0 Å². The zero-order valence-corrected chi connectivity index (χ0v) is 11.9. The van der Waals surface area contributed by atoms with E-state index >= 15 is 0 Å². The molecule has 2 unspecified atom stereocenters. The summed E-state index contributed by atoms with van der Waals surface area (Å²) in [6.45, 7) is 8.68. The lowest BCUT2D eigenvalue weighted by molar-refractivity contribution is 0.168. The van der Waals surface area contributed by atoms with Gasteiger partial charge in [0, 0.05) is 12.6 Å². The largest absolute Gasteiger partial charge is 0.316 e. The van der Waals surface area contributed by atoms with Crippen LogP contribution in [0.5, 0.6) is 0 Å². The van der Waals surface area contributed by atoms with Gasteiger partial charge in [0.25, 0.3) is 0 Å². The highest BCUT2D eigenvalue weighted by Crippen LogP contribution is 2.21. The summed E-state index contributed by atoms with van der Waals surface area (Å²) in [6.07, 6.45) is 3.88. The molecular weight excluding hydrogens is 241 g/mol. The van der Waals surface area contributed by atoms with Gasteiger partial charge in [-0.2, -0.15) is 0 Å². The Morgan fingerprint density at radius 2 is 2.37 bits per heavy atom. The average Bonchev–Trinajstić information content (AvgIpc) is 2.46. The Labute approximate surface area is 115 Å². The third-order valence-corrected chi connectivity index (χ3v) is 4.02. The predicted molar refractivity (Wildman–Crippen MR) is 75.5 cm³/mol. The van der Waals surface area contributed by atoms with Crippen LogP contribution in [0.15, 0.2) is 18.3 Å². The van der Waals surface area contributed by atoms with E-state index in [1.807, 2.05) is 0 Å². The van der Waals surface area contributed by atoms with Crippen LogP contribution in [0.4, 0.5) is 4.39 Å². The zero-order chi connectivity index (χ0) is 13.7. The van der Waals surface area contributed by atoms with Crippen LogP contribution < -0.4 is 5.32 Å². The number of pyridine rings is 1. The first-order valence-corrected chi connectivity index (χ1v) is 7.27. The van der Waals surface area contributed by atoms with E-state index < -0.39 is 0 Å². The second-order valence-corrected chi connectivity index (χ2v) is 5.38. The maximum absolute atomic E-state index is 12.9. The van der Waals surface area contributed by atoms with E-state index in [1.165, 1.54) is 25.1 Å². The molecule has 106 valence electrons. The van der Waals surface area contributed by atoms with Crippen LogP contribution >= 0.6 is 0 Å². The van der Waals surface area contributed by atoms with E-state index in [0.29, 0.717) is 0 Å². The first-order valence-electron chi connectivity index (χ1n) is 7.27. The molecule has 3 nitrogen and oxygen atoms in total. The molecular formula is C15H24FN3. The van der Waals surface area contributed by atoms with Crippen LogP contribution in [0.3, 0.4) is 0 Å². The topological polar surface area (TPSA) is 28.2 Å². The number of halogens is 1. The molecule has 1 aromatic heterocycles. The van der Waals surface area contributed by atoms with E-state index in [1.54, 1.807) is 6.07 Å². The Balaban J connectivity index is 1.97. The maximum atomic E-state index is 12.9. The van der Waals surface area contributed by atoms with Crippen molar-refractivity contribution in [3.8, 4) is 0 Å². The summed E-state index contributed by atoms with van der Waals surface area (Å²) in [5, 5.41) is 3.46. The molecule has 0 spiro atoms. The molecule has 1 aliphatic rings. The molecule has 0 aromatic carbocycles. The lowest BCUT2D eigenvalue weighted by atomic mass is 9.98. The number of hydrogen-bond acceptors (Lipinski definition) is 3.